The molecule has 0 aliphatic heterocycles. The zero-order valence-electron chi connectivity index (χ0n) is 9.80. The van der Waals surface area contributed by atoms with Crippen molar-refractivity contribution in [3.63, 3.8) is 0 Å². The normalized spacial score (nSPS) is 11.6. The minimum absolute atomic E-state index is 0.100. The molecule has 1 aromatic heterocycles. The van der Waals surface area contributed by atoms with Crippen LogP contribution in [0.25, 0.3) is 0 Å². The van der Waals surface area contributed by atoms with Gasteiger partial charge in [0.25, 0.3) is 6.43 Å². The maximum atomic E-state index is 12.5. The first-order valence-electron chi connectivity index (χ1n) is 5.07. The van der Waals surface area contributed by atoms with E-state index < -0.39 is 35.9 Å². The van der Waals surface area contributed by atoms with Gasteiger partial charge in [0.1, 0.15) is 11.3 Å². The molecule has 112 valence electrons. The van der Waals surface area contributed by atoms with Gasteiger partial charge in [0, 0.05) is 3.57 Å². The van der Waals surface area contributed by atoms with Crippen LogP contribution in [-0.4, -0.2) is 23.9 Å². The van der Waals surface area contributed by atoms with E-state index in [0.29, 0.717) is 0 Å². The molecule has 20 heavy (non-hydrogen) atoms. The molecule has 0 radical (unpaired) electrons. The van der Waals surface area contributed by atoms with Crippen LogP contribution in [0.15, 0.2) is 6.07 Å². The van der Waals surface area contributed by atoms with E-state index >= 15 is 0 Å². The summed E-state index contributed by atoms with van der Waals surface area (Å²) < 4.78 is 69.6. The Balaban J connectivity index is 3.36. The van der Waals surface area contributed by atoms with E-state index in [2.05, 4.69) is 14.5 Å². The molecule has 0 N–H and O–H groups in total. The Kier molecular flexibility index (Phi) is 5.48. The summed E-state index contributed by atoms with van der Waals surface area (Å²) in [6.07, 6.45) is -8.27. The Morgan fingerprint density at radius 1 is 1.45 bits per heavy atom. The molecule has 0 bridgehead atoms. The molecular formula is C10H7F5INO3. The predicted octanol–water partition coefficient (Wildman–Crippen LogP) is 3.70. The molecule has 4 nitrogen and oxygen atoms in total. The van der Waals surface area contributed by atoms with Gasteiger partial charge in [0.05, 0.1) is 6.61 Å². The Bertz CT molecular complexity index is 506. The van der Waals surface area contributed by atoms with E-state index in [1.165, 1.54) is 29.5 Å². The molecule has 0 spiro atoms. The number of ether oxygens (including phenoxy) is 2. The number of esters is 1. The van der Waals surface area contributed by atoms with Gasteiger partial charge in [0.2, 0.25) is 5.88 Å². The van der Waals surface area contributed by atoms with E-state index in [1.54, 1.807) is 0 Å². The van der Waals surface area contributed by atoms with Crippen LogP contribution in [0.1, 0.15) is 29.4 Å². The average Bonchev–Trinajstić information content (AvgIpc) is 2.25. The second kappa shape index (κ2) is 6.50. The number of pyridine rings is 1. The number of hydrogen-bond donors (Lipinski definition) is 0. The minimum atomic E-state index is -5.17. The van der Waals surface area contributed by atoms with Gasteiger partial charge in [-0.1, -0.05) is 0 Å². The predicted molar refractivity (Wildman–Crippen MR) is 64.6 cm³/mol. The summed E-state index contributed by atoms with van der Waals surface area (Å²) >= 11 is 1.43. The number of carbonyl (C=O) groups excluding carboxylic acids is 1. The van der Waals surface area contributed by atoms with Crippen molar-refractivity contribution in [2.45, 2.75) is 19.7 Å². The third-order valence-corrected chi connectivity index (χ3v) is 2.72. The van der Waals surface area contributed by atoms with E-state index in [4.69, 9.17) is 0 Å². The molecule has 10 heteroatoms. The van der Waals surface area contributed by atoms with Crippen molar-refractivity contribution >= 4 is 28.6 Å². The number of halogens is 6. The maximum absolute atomic E-state index is 12.5. The fourth-order valence-corrected chi connectivity index (χ4v) is 1.96. The van der Waals surface area contributed by atoms with Crippen molar-refractivity contribution in [3.05, 3.63) is 20.9 Å². The van der Waals surface area contributed by atoms with Gasteiger partial charge < -0.3 is 9.47 Å². The Hall–Kier alpha value is -1.20. The van der Waals surface area contributed by atoms with Gasteiger partial charge in [-0.05, 0) is 35.6 Å². The van der Waals surface area contributed by atoms with Crippen molar-refractivity contribution in [2.75, 3.05) is 6.61 Å². The van der Waals surface area contributed by atoms with Crippen LogP contribution in [0.3, 0.4) is 0 Å². The zero-order chi connectivity index (χ0) is 15.5. The van der Waals surface area contributed by atoms with Crippen molar-refractivity contribution in [1.82, 2.24) is 4.98 Å². The lowest BCUT2D eigenvalue weighted by molar-refractivity contribution is -0.276. The summed E-state index contributed by atoms with van der Waals surface area (Å²) in [6.45, 7) is 1.34. The van der Waals surface area contributed by atoms with Gasteiger partial charge in [-0.3, -0.25) is 0 Å². The number of hydrogen-bond acceptors (Lipinski definition) is 4. The Labute approximate surface area is 123 Å². The third-order valence-electron chi connectivity index (χ3n) is 1.87. The first-order valence-corrected chi connectivity index (χ1v) is 6.15. The lowest BCUT2D eigenvalue weighted by atomic mass is 10.2. The van der Waals surface area contributed by atoms with E-state index in [9.17, 15) is 26.7 Å². The molecule has 0 unspecified atom stereocenters. The molecule has 0 amide bonds. The van der Waals surface area contributed by atoms with E-state index in [1.807, 2.05) is 0 Å². The van der Waals surface area contributed by atoms with Gasteiger partial charge in [-0.15, -0.1) is 13.2 Å². The van der Waals surface area contributed by atoms with Crippen LogP contribution in [0.2, 0.25) is 0 Å². The maximum Gasteiger partial charge on any atom is 0.574 e. The number of aromatic nitrogens is 1. The Morgan fingerprint density at radius 2 is 2.05 bits per heavy atom. The second-order valence-electron chi connectivity index (χ2n) is 3.28. The van der Waals surface area contributed by atoms with Gasteiger partial charge in [-0.25, -0.2) is 18.6 Å². The van der Waals surface area contributed by atoms with Crippen molar-refractivity contribution in [1.29, 1.82) is 0 Å². The molecular weight excluding hydrogens is 404 g/mol. The van der Waals surface area contributed by atoms with Crippen molar-refractivity contribution in [2.24, 2.45) is 0 Å². The highest BCUT2D eigenvalue weighted by atomic mass is 127. The Morgan fingerprint density at radius 3 is 2.50 bits per heavy atom. The van der Waals surface area contributed by atoms with Crippen LogP contribution in [0.5, 0.6) is 5.88 Å². The summed E-state index contributed by atoms with van der Waals surface area (Å²) in [5.41, 5.74) is -1.57. The zero-order valence-corrected chi connectivity index (χ0v) is 12.0. The van der Waals surface area contributed by atoms with Crippen LogP contribution in [0, 0.1) is 3.57 Å². The summed E-state index contributed by atoms with van der Waals surface area (Å²) in [5.74, 6) is -2.39. The summed E-state index contributed by atoms with van der Waals surface area (Å²) in [7, 11) is 0. The van der Waals surface area contributed by atoms with Crippen LogP contribution >= 0.6 is 22.6 Å². The van der Waals surface area contributed by atoms with E-state index in [0.717, 1.165) is 6.07 Å². The van der Waals surface area contributed by atoms with Crippen LogP contribution < -0.4 is 4.74 Å². The number of rotatable bonds is 4. The first kappa shape index (κ1) is 16.9. The SMILES string of the molecule is CCOC(=O)c1c(I)cc(C(F)F)nc1OC(F)(F)F. The second-order valence-corrected chi connectivity index (χ2v) is 4.44. The highest BCUT2D eigenvalue weighted by Gasteiger charge is 2.35. The highest BCUT2D eigenvalue weighted by molar-refractivity contribution is 14.1. The standard InChI is InChI=1S/C10H7F5INO3/c1-2-19-9(18)6-4(16)3-5(7(11)12)17-8(6)20-10(13,14)15/h3,7H,2H2,1H3. The lowest BCUT2D eigenvalue weighted by Crippen LogP contribution is -2.22. The van der Waals surface area contributed by atoms with Crippen molar-refractivity contribution < 1.29 is 36.2 Å². The molecule has 0 aliphatic carbocycles. The quantitative estimate of drug-likeness (QED) is 0.431. The average molecular weight is 411 g/mol. The smallest absolute Gasteiger partial charge is 0.462 e. The molecule has 1 heterocycles. The number of carbonyl (C=O) groups is 1. The minimum Gasteiger partial charge on any atom is -0.462 e. The van der Waals surface area contributed by atoms with Gasteiger partial charge >= 0.3 is 12.3 Å². The molecule has 0 aliphatic rings. The highest BCUT2D eigenvalue weighted by Crippen LogP contribution is 2.31. The molecule has 0 saturated carbocycles. The van der Waals surface area contributed by atoms with E-state index in [-0.39, 0.29) is 10.2 Å². The van der Waals surface area contributed by atoms with Crippen LogP contribution in [-0.2, 0) is 4.74 Å². The first-order chi connectivity index (χ1) is 9.15. The molecule has 1 rings (SSSR count). The lowest BCUT2D eigenvalue weighted by Gasteiger charge is -2.14. The molecule has 0 atom stereocenters. The van der Waals surface area contributed by atoms with Crippen LogP contribution in [0.4, 0.5) is 22.0 Å². The topological polar surface area (TPSA) is 48.4 Å². The molecule has 0 aromatic carbocycles. The number of nitrogens with zero attached hydrogens (tertiary/aromatic N) is 1. The van der Waals surface area contributed by atoms with Crippen molar-refractivity contribution in [3.8, 4) is 5.88 Å². The fourth-order valence-electron chi connectivity index (χ4n) is 1.19. The largest absolute Gasteiger partial charge is 0.574 e. The summed E-state index contributed by atoms with van der Waals surface area (Å²) in [5, 5.41) is 0. The number of alkyl halides is 5. The molecule has 0 saturated heterocycles. The summed E-state index contributed by atoms with van der Waals surface area (Å²) in [6, 6.07) is 0.792. The van der Waals surface area contributed by atoms with Gasteiger partial charge in [-0.2, -0.15) is 0 Å². The fraction of sp³-hybridized carbons (Fsp3) is 0.400. The van der Waals surface area contributed by atoms with Gasteiger partial charge in [0.15, 0.2) is 0 Å². The monoisotopic (exact) mass is 411 g/mol. The molecule has 0 fully saturated rings. The summed E-state index contributed by atoms with van der Waals surface area (Å²) in [4.78, 5) is 14.6. The molecule has 1 aromatic rings. The third kappa shape index (κ3) is 4.42.